The standard InChI is InChI=1S/C19H23N5/c1-12-7-8-13-16-15(12)23-14(11-21(6)19(23,4)5)18(2,3)24(16)17-20-9-10-22(13)17/h7-11H,1-6H3. The summed E-state index contributed by atoms with van der Waals surface area (Å²) in [6.07, 6.45) is 6.24. The quantitative estimate of drug-likeness (QED) is 0.632. The normalized spacial score (nSPS) is 20.8. The minimum Gasteiger partial charge on any atom is -0.356 e. The van der Waals surface area contributed by atoms with E-state index in [9.17, 15) is 0 Å². The molecule has 124 valence electrons. The average Bonchev–Trinajstić information content (AvgIpc) is 3.12. The lowest BCUT2D eigenvalue weighted by Crippen LogP contribution is -2.52. The Morgan fingerprint density at radius 1 is 1.08 bits per heavy atom. The van der Waals surface area contributed by atoms with Crippen molar-refractivity contribution in [2.75, 3.05) is 11.9 Å². The van der Waals surface area contributed by atoms with E-state index in [0.717, 1.165) is 5.78 Å². The zero-order chi connectivity index (χ0) is 17.0. The number of aryl methyl sites for hydroxylation is 1. The minimum atomic E-state index is -0.169. The lowest BCUT2D eigenvalue weighted by molar-refractivity contribution is 0.247. The molecule has 2 aliphatic rings. The Kier molecular flexibility index (Phi) is 2.21. The topological polar surface area (TPSA) is 28.7 Å². The summed E-state index contributed by atoms with van der Waals surface area (Å²) in [4.78, 5) is 9.50. The van der Waals surface area contributed by atoms with Gasteiger partial charge in [0.2, 0.25) is 5.78 Å². The van der Waals surface area contributed by atoms with E-state index in [1.54, 1.807) is 0 Å². The maximum absolute atomic E-state index is 4.66. The van der Waals surface area contributed by atoms with E-state index in [1.807, 2.05) is 6.20 Å². The van der Waals surface area contributed by atoms with Gasteiger partial charge in [0.25, 0.3) is 0 Å². The van der Waals surface area contributed by atoms with Crippen LogP contribution in [-0.2, 0) is 5.54 Å². The van der Waals surface area contributed by atoms with Crippen LogP contribution in [-0.4, -0.2) is 31.6 Å². The fourth-order valence-corrected chi connectivity index (χ4v) is 4.44. The Balaban J connectivity index is 2.05. The smallest absolute Gasteiger partial charge is 0.215 e. The third-order valence-corrected chi connectivity index (χ3v) is 6.01. The number of hydrogen-bond acceptors (Lipinski definition) is 3. The Hall–Kier alpha value is -2.43. The number of hydrogen-bond donors (Lipinski definition) is 0. The number of fused-ring (bicyclic) bond motifs is 5. The van der Waals surface area contributed by atoms with Crippen LogP contribution < -0.4 is 4.90 Å². The first-order chi connectivity index (χ1) is 11.3. The average molecular weight is 321 g/mol. The molecule has 5 nitrogen and oxygen atoms in total. The van der Waals surface area contributed by atoms with Gasteiger partial charge in [-0.1, -0.05) is 6.07 Å². The molecule has 0 aliphatic carbocycles. The molecule has 0 radical (unpaired) electrons. The number of allylic oxidation sites excluding steroid dienone is 1. The zero-order valence-electron chi connectivity index (χ0n) is 15.1. The molecule has 4 heterocycles. The summed E-state index contributed by atoms with van der Waals surface area (Å²) in [5, 5.41) is 0. The highest BCUT2D eigenvalue weighted by molar-refractivity contribution is 5.97. The number of imidazole rings is 2. The van der Waals surface area contributed by atoms with E-state index in [-0.39, 0.29) is 11.2 Å². The van der Waals surface area contributed by atoms with Gasteiger partial charge in [-0.2, -0.15) is 0 Å². The van der Waals surface area contributed by atoms with Crippen molar-refractivity contribution in [2.45, 2.75) is 45.8 Å². The molecule has 0 fully saturated rings. The molecule has 0 bridgehead atoms. The summed E-state index contributed by atoms with van der Waals surface area (Å²) in [5.41, 5.74) is 6.16. The summed E-state index contributed by atoms with van der Waals surface area (Å²) >= 11 is 0. The second-order valence-electron chi connectivity index (χ2n) is 8.05. The van der Waals surface area contributed by atoms with Gasteiger partial charge in [-0.3, -0.25) is 8.97 Å². The van der Waals surface area contributed by atoms with Crippen LogP contribution in [0.4, 0.5) is 5.69 Å². The largest absolute Gasteiger partial charge is 0.356 e. The molecular formula is C19H23N5. The highest BCUT2D eigenvalue weighted by Gasteiger charge is 2.49. The number of benzene rings is 1. The van der Waals surface area contributed by atoms with Crippen LogP contribution >= 0.6 is 0 Å². The van der Waals surface area contributed by atoms with Crippen molar-refractivity contribution >= 4 is 22.5 Å². The molecule has 0 unspecified atom stereocenters. The fraction of sp³-hybridized carbons (Fsp3) is 0.421. The molecule has 1 aromatic carbocycles. The highest BCUT2D eigenvalue weighted by Crippen LogP contribution is 2.52. The molecule has 0 atom stereocenters. The van der Waals surface area contributed by atoms with Crippen molar-refractivity contribution < 1.29 is 0 Å². The number of rotatable bonds is 0. The lowest BCUT2D eigenvalue weighted by atomic mass is 9.93. The van der Waals surface area contributed by atoms with Gasteiger partial charge in [0.05, 0.1) is 28.0 Å². The predicted molar refractivity (Wildman–Crippen MR) is 97.2 cm³/mol. The van der Waals surface area contributed by atoms with E-state index in [0.29, 0.717) is 0 Å². The Bertz CT molecular complexity index is 1050. The fourth-order valence-electron chi connectivity index (χ4n) is 4.44. The van der Waals surface area contributed by atoms with Gasteiger partial charge < -0.3 is 9.80 Å². The van der Waals surface area contributed by atoms with Crippen LogP contribution in [0.5, 0.6) is 0 Å². The molecule has 24 heavy (non-hydrogen) atoms. The first-order valence-electron chi connectivity index (χ1n) is 8.49. The Labute approximate surface area is 141 Å². The van der Waals surface area contributed by atoms with E-state index < -0.39 is 0 Å². The molecule has 0 saturated carbocycles. The second kappa shape index (κ2) is 3.79. The van der Waals surface area contributed by atoms with Crippen molar-refractivity contribution in [3.05, 3.63) is 42.0 Å². The molecule has 0 N–H and O–H groups in total. The molecule has 2 aromatic heterocycles. The minimum absolute atomic E-state index is 0.0940. The molecular weight excluding hydrogens is 298 g/mol. The SMILES string of the molecule is Cc1ccc2c3c1N1C(=CN(C)C1(C)C)C(C)(C)n3c1nccn21. The van der Waals surface area contributed by atoms with E-state index in [1.165, 1.54) is 28.0 Å². The molecule has 0 spiro atoms. The molecule has 5 rings (SSSR count). The van der Waals surface area contributed by atoms with Gasteiger partial charge in [-0.25, -0.2) is 4.98 Å². The summed E-state index contributed by atoms with van der Waals surface area (Å²) in [6, 6.07) is 4.45. The van der Waals surface area contributed by atoms with Crippen LogP contribution in [0.25, 0.3) is 16.8 Å². The van der Waals surface area contributed by atoms with Crippen molar-refractivity contribution in [1.29, 1.82) is 0 Å². The monoisotopic (exact) mass is 321 g/mol. The summed E-state index contributed by atoms with van der Waals surface area (Å²) in [6.45, 7) is 11.4. The van der Waals surface area contributed by atoms with Gasteiger partial charge >= 0.3 is 0 Å². The van der Waals surface area contributed by atoms with Crippen LogP contribution in [0, 0.1) is 6.92 Å². The molecule has 0 amide bonds. The summed E-state index contributed by atoms with van der Waals surface area (Å²) in [7, 11) is 2.16. The number of aromatic nitrogens is 3. The van der Waals surface area contributed by atoms with E-state index in [4.69, 9.17) is 0 Å². The molecule has 0 saturated heterocycles. The number of nitrogens with zero attached hydrogens (tertiary/aromatic N) is 5. The van der Waals surface area contributed by atoms with Crippen molar-refractivity contribution in [1.82, 2.24) is 18.9 Å². The lowest BCUT2D eigenvalue weighted by Gasteiger charge is -2.47. The van der Waals surface area contributed by atoms with Gasteiger partial charge in [0.1, 0.15) is 5.66 Å². The van der Waals surface area contributed by atoms with Crippen molar-refractivity contribution in [2.24, 2.45) is 0 Å². The molecule has 5 heteroatoms. The van der Waals surface area contributed by atoms with Crippen LogP contribution in [0.2, 0.25) is 0 Å². The maximum atomic E-state index is 4.66. The van der Waals surface area contributed by atoms with Gasteiger partial charge in [-0.05, 0) is 46.2 Å². The Morgan fingerprint density at radius 2 is 1.83 bits per heavy atom. The van der Waals surface area contributed by atoms with Gasteiger partial charge in [-0.15, -0.1) is 0 Å². The van der Waals surface area contributed by atoms with Crippen molar-refractivity contribution in [3.8, 4) is 0 Å². The molecule has 2 aliphatic heterocycles. The first kappa shape index (κ1) is 14.0. The third-order valence-electron chi connectivity index (χ3n) is 6.01. The van der Waals surface area contributed by atoms with E-state index >= 15 is 0 Å². The molecule has 3 aromatic rings. The highest BCUT2D eigenvalue weighted by atomic mass is 15.5. The predicted octanol–water partition coefficient (Wildman–Crippen LogP) is 3.68. The maximum Gasteiger partial charge on any atom is 0.215 e. The summed E-state index contributed by atoms with van der Waals surface area (Å²) < 4.78 is 4.61. The first-order valence-corrected chi connectivity index (χ1v) is 8.49. The van der Waals surface area contributed by atoms with Gasteiger partial charge in [0, 0.05) is 25.6 Å². The third kappa shape index (κ3) is 1.28. The Morgan fingerprint density at radius 3 is 2.58 bits per heavy atom. The van der Waals surface area contributed by atoms with Crippen molar-refractivity contribution in [3.63, 3.8) is 0 Å². The summed E-state index contributed by atoms with van der Waals surface area (Å²) in [5.74, 6) is 1.01. The van der Waals surface area contributed by atoms with Crippen LogP contribution in [0.3, 0.4) is 0 Å². The zero-order valence-corrected chi connectivity index (χ0v) is 15.1. The van der Waals surface area contributed by atoms with Crippen LogP contribution in [0.15, 0.2) is 36.4 Å². The second-order valence-corrected chi connectivity index (χ2v) is 8.05. The van der Waals surface area contributed by atoms with Crippen LogP contribution in [0.1, 0.15) is 33.3 Å². The van der Waals surface area contributed by atoms with Gasteiger partial charge in [0.15, 0.2) is 0 Å². The van der Waals surface area contributed by atoms with E-state index in [2.05, 4.69) is 89.9 Å². The number of anilines is 1.